The molecule has 1 rings (SSSR count). The molecule has 1 aliphatic heterocycles. The number of rotatable bonds is 6. The Balaban J connectivity index is 2.77. The standard InChI is InChI=1S/C20H39NO4S/c1-18(2,3)11-16(14-24-26(9)23)10-15-12-20(7,8)21(13-15)17(22)25-19(4,5)6/h15-16H,10-14H2,1-9H3/t15-,16?,26?/m0/s1. The highest BCUT2D eigenvalue weighted by Crippen LogP contribution is 2.39. The lowest BCUT2D eigenvalue weighted by molar-refractivity contribution is 0.0130. The van der Waals surface area contributed by atoms with Crippen molar-refractivity contribution in [3.63, 3.8) is 0 Å². The van der Waals surface area contributed by atoms with Crippen molar-refractivity contribution in [3.05, 3.63) is 0 Å². The van der Waals surface area contributed by atoms with E-state index in [9.17, 15) is 9.00 Å². The molecule has 1 heterocycles. The van der Waals surface area contributed by atoms with Crippen LogP contribution in [0.15, 0.2) is 0 Å². The Hall–Kier alpha value is -0.620. The maximum Gasteiger partial charge on any atom is 0.410 e. The molecule has 2 unspecified atom stereocenters. The minimum absolute atomic E-state index is 0.183. The third-order valence-electron chi connectivity index (χ3n) is 4.61. The van der Waals surface area contributed by atoms with Gasteiger partial charge in [0.1, 0.15) is 5.60 Å². The summed E-state index contributed by atoms with van der Waals surface area (Å²) in [5.74, 6) is 0.733. The Morgan fingerprint density at radius 3 is 2.27 bits per heavy atom. The first kappa shape index (κ1) is 23.4. The Morgan fingerprint density at radius 1 is 1.23 bits per heavy atom. The predicted octanol–water partition coefficient (Wildman–Crippen LogP) is 4.77. The number of hydrogen-bond acceptors (Lipinski definition) is 4. The molecule has 0 radical (unpaired) electrons. The van der Waals surface area contributed by atoms with Crippen LogP contribution in [0.3, 0.4) is 0 Å². The van der Waals surface area contributed by atoms with E-state index in [1.165, 1.54) is 0 Å². The van der Waals surface area contributed by atoms with E-state index >= 15 is 0 Å². The lowest BCUT2D eigenvalue weighted by Gasteiger charge is -2.33. The first-order valence-electron chi connectivity index (χ1n) is 9.56. The van der Waals surface area contributed by atoms with Gasteiger partial charge in [0.15, 0.2) is 11.1 Å². The van der Waals surface area contributed by atoms with Crippen LogP contribution in [0.2, 0.25) is 0 Å². The highest BCUT2D eigenvalue weighted by molar-refractivity contribution is 7.79. The molecule has 26 heavy (non-hydrogen) atoms. The van der Waals surface area contributed by atoms with Gasteiger partial charge >= 0.3 is 6.09 Å². The van der Waals surface area contributed by atoms with Crippen LogP contribution in [0.4, 0.5) is 4.79 Å². The van der Waals surface area contributed by atoms with E-state index in [1.807, 2.05) is 25.7 Å². The second kappa shape index (κ2) is 8.59. The summed E-state index contributed by atoms with van der Waals surface area (Å²) in [6.07, 6.45) is 4.26. The molecule has 0 aromatic heterocycles. The van der Waals surface area contributed by atoms with E-state index in [4.69, 9.17) is 8.92 Å². The summed E-state index contributed by atoms with van der Waals surface area (Å²) in [5.41, 5.74) is -0.519. The van der Waals surface area contributed by atoms with Gasteiger partial charge in [-0.3, -0.25) is 4.18 Å². The van der Waals surface area contributed by atoms with Gasteiger partial charge < -0.3 is 9.64 Å². The Bertz CT molecular complexity index is 505. The molecule has 6 heteroatoms. The molecule has 0 aromatic carbocycles. The van der Waals surface area contributed by atoms with E-state index < -0.39 is 16.7 Å². The molecule has 0 aliphatic carbocycles. The average Bonchev–Trinajstić information content (AvgIpc) is 2.67. The average molecular weight is 390 g/mol. The first-order chi connectivity index (χ1) is 11.6. The summed E-state index contributed by atoms with van der Waals surface area (Å²) in [6.45, 7) is 17.8. The zero-order valence-electron chi connectivity index (χ0n) is 18.2. The van der Waals surface area contributed by atoms with Crippen molar-refractivity contribution < 1.29 is 17.9 Å². The van der Waals surface area contributed by atoms with Gasteiger partial charge in [0.25, 0.3) is 0 Å². The van der Waals surface area contributed by atoms with Crippen LogP contribution >= 0.6 is 0 Å². The Morgan fingerprint density at radius 2 is 1.81 bits per heavy atom. The van der Waals surface area contributed by atoms with Crippen molar-refractivity contribution in [2.75, 3.05) is 19.4 Å². The van der Waals surface area contributed by atoms with E-state index in [1.54, 1.807) is 6.26 Å². The summed E-state index contributed by atoms with van der Waals surface area (Å²) in [7, 11) is 0. The fourth-order valence-corrected chi connectivity index (χ4v) is 4.31. The molecule has 0 saturated carbocycles. The van der Waals surface area contributed by atoms with Gasteiger partial charge in [0.2, 0.25) is 0 Å². The Kier molecular flexibility index (Phi) is 7.74. The van der Waals surface area contributed by atoms with Gasteiger partial charge in [-0.05, 0) is 71.1 Å². The molecule has 1 aliphatic rings. The summed E-state index contributed by atoms with van der Waals surface area (Å²) in [6, 6.07) is 0. The van der Waals surface area contributed by atoms with E-state index in [0.29, 0.717) is 25.0 Å². The number of hydrogen-bond donors (Lipinski definition) is 0. The van der Waals surface area contributed by atoms with Crippen LogP contribution in [0, 0.1) is 17.3 Å². The number of carbonyl (C=O) groups is 1. The summed E-state index contributed by atoms with van der Waals surface area (Å²) >= 11 is -1.24. The molecule has 0 N–H and O–H groups in total. The summed E-state index contributed by atoms with van der Waals surface area (Å²) in [5, 5.41) is 0. The molecular formula is C20H39NO4S. The lowest BCUT2D eigenvalue weighted by atomic mass is 9.80. The number of likely N-dealkylation sites (tertiary alicyclic amines) is 1. The van der Waals surface area contributed by atoms with Crippen LogP contribution in [0.25, 0.3) is 0 Å². The minimum Gasteiger partial charge on any atom is -0.444 e. The van der Waals surface area contributed by atoms with Gasteiger partial charge in [-0.25, -0.2) is 9.00 Å². The van der Waals surface area contributed by atoms with Crippen molar-refractivity contribution >= 4 is 17.2 Å². The van der Waals surface area contributed by atoms with Crippen molar-refractivity contribution in [2.45, 2.75) is 85.8 Å². The topological polar surface area (TPSA) is 55.8 Å². The molecule has 3 atom stereocenters. The van der Waals surface area contributed by atoms with Crippen molar-refractivity contribution in [2.24, 2.45) is 17.3 Å². The SMILES string of the molecule is CS(=O)OCC(C[C@@H]1CN(C(=O)OC(C)(C)C)C(C)(C)C1)CC(C)(C)C. The Labute approximate surface area is 162 Å². The maximum atomic E-state index is 12.6. The third-order valence-corrected chi connectivity index (χ3v) is 5.08. The molecular weight excluding hydrogens is 350 g/mol. The highest BCUT2D eigenvalue weighted by atomic mass is 32.2. The minimum atomic E-state index is -1.24. The van der Waals surface area contributed by atoms with Crippen molar-refractivity contribution in [1.29, 1.82) is 0 Å². The summed E-state index contributed by atoms with van der Waals surface area (Å²) in [4.78, 5) is 14.5. The molecule has 1 saturated heterocycles. The van der Waals surface area contributed by atoms with Gasteiger partial charge in [-0.2, -0.15) is 0 Å². The van der Waals surface area contributed by atoms with Crippen LogP contribution < -0.4 is 0 Å². The molecule has 5 nitrogen and oxygen atoms in total. The zero-order valence-corrected chi connectivity index (χ0v) is 19.0. The largest absolute Gasteiger partial charge is 0.444 e. The van der Waals surface area contributed by atoms with Crippen LogP contribution in [-0.2, 0) is 20.0 Å². The summed E-state index contributed by atoms with van der Waals surface area (Å²) < 4.78 is 22.4. The first-order valence-corrected chi connectivity index (χ1v) is 11.0. The molecule has 154 valence electrons. The quantitative estimate of drug-likeness (QED) is 0.656. The number of ether oxygens (including phenoxy) is 1. The normalized spacial score (nSPS) is 23.0. The second-order valence-corrected chi connectivity index (χ2v) is 11.6. The van der Waals surface area contributed by atoms with Gasteiger partial charge in [-0.1, -0.05) is 20.8 Å². The fourth-order valence-electron chi connectivity index (χ4n) is 3.92. The van der Waals surface area contributed by atoms with Crippen LogP contribution in [0.1, 0.15) is 74.7 Å². The maximum absolute atomic E-state index is 12.6. The van der Waals surface area contributed by atoms with Crippen LogP contribution in [0.5, 0.6) is 0 Å². The molecule has 1 amide bonds. The molecule has 0 bridgehead atoms. The fraction of sp³-hybridized carbons (Fsp3) is 0.950. The second-order valence-electron chi connectivity index (χ2n) is 10.5. The zero-order chi connectivity index (χ0) is 20.3. The van der Waals surface area contributed by atoms with Crippen molar-refractivity contribution in [1.82, 2.24) is 4.90 Å². The monoisotopic (exact) mass is 389 g/mol. The highest BCUT2D eigenvalue weighted by Gasteiger charge is 2.43. The number of carbonyl (C=O) groups excluding carboxylic acids is 1. The predicted molar refractivity (Wildman–Crippen MR) is 107 cm³/mol. The van der Waals surface area contributed by atoms with Crippen LogP contribution in [-0.4, -0.2) is 45.7 Å². The van der Waals surface area contributed by atoms with Gasteiger partial charge in [0.05, 0.1) is 6.61 Å². The molecule has 0 aromatic rings. The van der Waals surface area contributed by atoms with E-state index in [0.717, 1.165) is 19.3 Å². The van der Waals surface area contributed by atoms with E-state index in [2.05, 4.69) is 34.6 Å². The smallest absolute Gasteiger partial charge is 0.410 e. The number of nitrogens with zero attached hydrogens (tertiary/aromatic N) is 1. The van der Waals surface area contributed by atoms with Gasteiger partial charge in [0, 0.05) is 18.3 Å². The third kappa shape index (κ3) is 8.38. The molecule has 1 fully saturated rings. The number of amides is 1. The van der Waals surface area contributed by atoms with E-state index in [-0.39, 0.29) is 17.0 Å². The lowest BCUT2D eigenvalue weighted by Crippen LogP contribution is -2.45. The van der Waals surface area contributed by atoms with Gasteiger partial charge in [-0.15, -0.1) is 0 Å². The molecule has 0 spiro atoms. The van der Waals surface area contributed by atoms with Crippen molar-refractivity contribution in [3.8, 4) is 0 Å².